The molecule has 0 bridgehead atoms. The molecule has 0 fully saturated rings. The first kappa shape index (κ1) is 14.0. The molecule has 112 valence electrons. The summed E-state index contributed by atoms with van der Waals surface area (Å²) in [6, 6.07) is 21.8. The predicted molar refractivity (Wildman–Crippen MR) is 98.9 cm³/mol. The van der Waals surface area contributed by atoms with E-state index in [4.69, 9.17) is 4.98 Å². The summed E-state index contributed by atoms with van der Waals surface area (Å²) in [6.45, 7) is 6.40. The molecule has 0 aliphatic rings. The van der Waals surface area contributed by atoms with Gasteiger partial charge in [0.2, 0.25) is 0 Å². The van der Waals surface area contributed by atoms with E-state index >= 15 is 0 Å². The molecular weight excluding hydrogens is 278 g/mol. The highest BCUT2D eigenvalue weighted by atomic mass is 14.7. The van der Waals surface area contributed by atoms with Crippen molar-refractivity contribution in [2.75, 3.05) is 0 Å². The Hall–Kier alpha value is -2.67. The standard InChI is InChI=1S/C22H19N/c1-14-4-8-17(9-5-14)22-18-12-15(2)6-10-20(18)23-21-11-7-16(3)13-19(21)22/h4-13H,1-3H3. The molecule has 0 spiro atoms. The van der Waals surface area contributed by atoms with Crippen LogP contribution in [0, 0.1) is 20.8 Å². The molecule has 3 aromatic carbocycles. The monoisotopic (exact) mass is 297 g/mol. The van der Waals surface area contributed by atoms with E-state index in [1.165, 1.54) is 38.6 Å². The van der Waals surface area contributed by atoms with Crippen LogP contribution in [0.1, 0.15) is 16.7 Å². The van der Waals surface area contributed by atoms with Gasteiger partial charge in [-0.05, 0) is 50.6 Å². The van der Waals surface area contributed by atoms with Gasteiger partial charge in [0.15, 0.2) is 0 Å². The maximum Gasteiger partial charge on any atom is 0.0716 e. The van der Waals surface area contributed by atoms with Gasteiger partial charge in [0.25, 0.3) is 0 Å². The molecule has 4 rings (SSSR count). The number of aryl methyl sites for hydroxylation is 3. The lowest BCUT2D eigenvalue weighted by Crippen LogP contribution is -1.91. The molecule has 0 radical (unpaired) electrons. The van der Waals surface area contributed by atoms with Gasteiger partial charge in [-0.3, -0.25) is 0 Å². The molecule has 4 aromatic rings. The van der Waals surface area contributed by atoms with E-state index in [-0.39, 0.29) is 0 Å². The number of aromatic nitrogens is 1. The molecule has 1 aromatic heterocycles. The second kappa shape index (κ2) is 5.20. The molecule has 0 saturated carbocycles. The fourth-order valence-electron chi connectivity index (χ4n) is 3.20. The normalized spacial score (nSPS) is 11.3. The Morgan fingerprint density at radius 3 is 1.57 bits per heavy atom. The van der Waals surface area contributed by atoms with Crippen LogP contribution in [0.15, 0.2) is 60.7 Å². The summed E-state index contributed by atoms with van der Waals surface area (Å²) in [4.78, 5) is 4.86. The molecule has 1 nitrogen and oxygen atoms in total. The summed E-state index contributed by atoms with van der Waals surface area (Å²) >= 11 is 0. The van der Waals surface area contributed by atoms with E-state index < -0.39 is 0 Å². The van der Waals surface area contributed by atoms with Gasteiger partial charge in [0, 0.05) is 16.3 Å². The molecule has 0 amide bonds. The van der Waals surface area contributed by atoms with Crippen LogP contribution in [0.4, 0.5) is 0 Å². The summed E-state index contributed by atoms with van der Waals surface area (Å²) in [5.41, 5.74) is 8.47. The van der Waals surface area contributed by atoms with Crippen molar-refractivity contribution in [3.8, 4) is 11.1 Å². The lowest BCUT2D eigenvalue weighted by molar-refractivity contribution is 1.43. The maximum atomic E-state index is 4.86. The van der Waals surface area contributed by atoms with E-state index in [0.29, 0.717) is 0 Å². The fourth-order valence-corrected chi connectivity index (χ4v) is 3.20. The number of fused-ring (bicyclic) bond motifs is 2. The van der Waals surface area contributed by atoms with E-state index in [0.717, 1.165) is 11.0 Å². The zero-order chi connectivity index (χ0) is 16.0. The van der Waals surface area contributed by atoms with Crippen molar-refractivity contribution in [1.82, 2.24) is 4.98 Å². The first-order valence-corrected chi connectivity index (χ1v) is 7.99. The van der Waals surface area contributed by atoms with Crippen molar-refractivity contribution in [3.63, 3.8) is 0 Å². The molecule has 0 unspecified atom stereocenters. The summed E-state index contributed by atoms with van der Waals surface area (Å²) in [6.07, 6.45) is 0. The Morgan fingerprint density at radius 2 is 1.04 bits per heavy atom. The first-order chi connectivity index (χ1) is 11.1. The van der Waals surface area contributed by atoms with E-state index in [2.05, 4.69) is 81.4 Å². The van der Waals surface area contributed by atoms with E-state index in [1.54, 1.807) is 0 Å². The average molecular weight is 297 g/mol. The van der Waals surface area contributed by atoms with Crippen LogP contribution in [0.3, 0.4) is 0 Å². The quantitative estimate of drug-likeness (QED) is 0.394. The highest BCUT2D eigenvalue weighted by molar-refractivity contribution is 6.09. The minimum atomic E-state index is 1.06. The summed E-state index contributed by atoms with van der Waals surface area (Å²) in [7, 11) is 0. The smallest absolute Gasteiger partial charge is 0.0716 e. The zero-order valence-electron chi connectivity index (χ0n) is 13.7. The lowest BCUT2D eigenvalue weighted by atomic mass is 9.94. The van der Waals surface area contributed by atoms with Crippen molar-refractivity contribution in [3.05, 3.63) is 77.4 Å². The van der Waals surface area contributed by atoms with Gasteiger partial charge in [0.1, 0.15) is 0 Å². The van der Waals surface area contributed by atoms with Gasteiger partial charge in [-0.15, -0.1) is 0 Å². The molecule has 1 heteroatoms. The minimum absolute atomic E-state index is 1.06. The SMILES string of the molecule is Cc1ccc(-c2c3cc(C)ccc3nc3ccc(C)cc23)cc1. The molecule has 0 aliphatic heterocycles. The van der Waals surface area contributed by atoms with Crippen LogP contribution in [-0.4, -0.2) is 4.98 Å². The Morgan fingerprint density at radius 1 is 0.565 bits per heavy atom. The average Bonchev–Trinajstić information content (AvgIpc) is 2.54. The van der Waals surface area contributed by atoms with Crippen LogP contribution in [0.25, 0.3) is 32.9 Å². The number of rotatable bonds is 1. The summed E-state index contributed by atoms with van der Waals surface area (Å²) in [5.74, 6) is 0. The van der Waals surface area contributed by atoms with E-state index in [1.807, 2.05) is 0 Å². The van der Waals surface area contributed by atoms with Gasteiger partial charge < -0.3 is 0 Å². The van der Waals surface area contributed by atoms with E-state index in [9.17, 15) is 0 Å². The van der Waals surface area contributed by atoms with Crippen molar-refractivity contribution in [1.29, 1.82) is 0 Å². The Bertz CT molecular complexity index is 967. The highest BCUT2D eigenvalue weighted by Crippen LogP contribution is 2.35. The van der Waals surface area contributed by atoms with Gasteiger partial charge >= 0.3 is 0 Å². The Labute approximate surface area is 136 Å². The summed E-state index contributed by atoms with van der Waals surface area (Å²) < 4.78 is 0. The van der Waals surface area contributed by atoms with Crippen LogP contribution in [0.5, 0.6) is 0 Å². The number of nitrogens with zero attached hydrogens (tertiary/aromatic N) is 1. The number of hydrogen-bond acceptors (Lipinski definition) is 1. The first-order valence-electron chi connectivity index (χ1n) is 7.99. The molecule has 23 heavy (non-hydrogen) atoms. The second-order valence-corrected chi connectivity index (χ2v) is 6.39. The third-order valence-electron chi connectivity index (χ3n) is 4.42. The van der Waals surface area contributed by atoms with Crippen molar-refractivity contribution in [2.24, 2.45) is 0 Å². The summed E-state index contributed by atoms with van der Waals surface area (Å²) in [5, 5.41) is 2.46. The van der Waals surface area contributed by atoms with Gasteiger partial charge in [-0.1, -0.05) is 53.1 Å². The van der Waals surface area contributed by atoms with Crippen molar-refractivity contribution in [2.45, 2.75) is 20.8 Å². The largest absolute Gasteiger partial charge is 0.248 e. The van der Waals surface area contributed by atoms with Crippen LogP contribution in [-0.2, 0) is 0 Å². The fraction of sp³-hybridized carbons (Fsp3) is 0.136. The Balaban J connectivity index is 2.20. The lowest BCUT2D eigenvalue weighted by Gasteiger charge is -2.13. The van der Waals surface area contributed by atoms with Crippen molar-refractivity contribution < 1.29 is 0 Å². The molecule has 0 aliphatic carbocycles. The molecular formula is C22H19N. The van der Waals surface area contributed by atoms with Gasteiger partial charge in [-0.25, -0.2) is 4.98 Å². The Kier molecular flexibility index (Phi) is 3.16. The molecule has 0 saturated heterocycles. The second-order valence-electron chi connectivity index (χ2n) is 6.39. The van der Waals surface area contributed by atoms with Gasteiger partial charge in [0.05, 0.1) is 11.0 Å². The van der Waals surface area contributed by atoms with Gasteiger partial charge in [-0.2, -0.15) is 0 Å². The van der Waals surface area contributed by atoms with Crippen LogP contribution < -0.4 is 0 Å². The number of hydrogen-bond donors (Lipinski definition) is 0. The van der Waals surface area contributed by atoms with Crippen molar-refractivity contribution >= 4 is 21.8 Å². The minimum Gasteiger partial charge on any atom is -0.248 e. The number of pyridine rings is 1. The molecule has 1 heterocycles. The molecule has 0 atom stereocenters. The third-order valence-corrected chi connectivity index (χ3v) is 4.42. The third kappa shape index (κ3) is 2.39. The van der Waals surface area contributed by atoms with Crippen LogP contribution in [0.2, 0.25) is 0 Å². The highest BCUT2D eigenvalue weighted by Gasteiger charge is 2.11. The maximum absolute atomic E-state index is 4.86. The number of benzene rings is 3. The zero-order valence-corrected chi connectivity index (χ0v) is 13.7. The topological polar surface area (TPSA) is 12.9 Å². The molecule has 0 N–H and O–H groups in total. The predicted octanol–water partition coefficient (Wildman–Crippen LogP) is 5.98. The van der Waals surface area contributed by atoms with Crippen LogP contribution >= 0.6 is 0 Å².